The summed E-state index contributed by atoms with van der Waals surface area (Å²) in [6.07, 6.45) is 0. The van der Waals surface area contributed by atoms with Gasteiger partial charge in [0.15, 0.2) is 0 Å². The number of carbonyl (C=O) groups excluding carboxylic acids is 2. The first-order chi connectivity index (χ1) is 10.7. The van der Waals surface area contributed by atoms with Gasteiger partial charge in [-0.1, -0.05) is 30.3 Å². The molecule has 120 valence electrons. The minimum Gasteiger partial charge on any atom is -0.378 e. The number of nitrogens with zero attached hydrogens (tertiary/aromatic N) is 1. The SMILES string of the molecule is C[C@H](NC(=O)COCc1ccccc1)C(=O)N1CCOCC1. The molecule has 22 heavy (non-hydrogen) atoms. The predicted octanol–water partition coefficient (Wildman–Crippen LogP) is 0.567. The molecular weight excluding hydrogens is 284 g/mol. The molecule has 1 aromatic rings. The van der Waals surface area contributed by atoms with Crippen LogP contribution in [0.4, 0.5) is 0 Å². The van der Waals surface area contributed by atoms with Crippen molar-refractivity contribution in [2.75, 3.05) is 32.9 Å². The molecule has 0 saturated carbocycles. The molecule has 0 spiro atoms. The molecule has 1 N–H and O–H groups in total. The fourth-order valence-corrected chi connectivity index (χ4v) is 2.24. The molecule has 1 aliphatic rings. The Bertz CT molecular complexity index is 486. The Kier molecular flexibility index (Phi) is 6.36. The van der Waals surface area contributed by atoms with Gasteiger partial charge >= 0.3 is 0 Å². The number of amides is 2. The van der Waals surface area contributed by atoms with Crippen molar-refractivity contribution in [3.8, 4) is 0 Å². The Balaban J connectivity index is 1.68. The fraction of sp³-hybridized carbons (Fsp3) is 0.500. The maximum absolute atomic E-state index is 12.1. The van der Waals surface area contributed by atoms with Crippen molar-refractivity contribution >= 4 is 11.8 Å². The quantitative estimate of drug-likeness (QED) is 0.834. The summed E-state index contributed by atoms with van der Waals surface area (Å²) in [4.78, 5) is 25.7. The maximum Gasteiger partial charge on any atom is 0.246 e. The van der Waals surface area contributed by atoms with E-state index in [1.54, 1.807) is 11.8 Å². The first kappa shape index (κ1) is 16.5. The smallest absolute Gasteiger partial charge is 0.246 e. The number of hydrogen-bond donors (Lipinski definition) is 1. The summed E-state index contributed by atoms with van der Waals surface area (Å²) in [5, 5.41) is 2.67. The van der Waals surface area contributed by atoms with Crippen LogP contribution in [-0.4, -0.2) is 55.7 Å². The van der Waals surface area contributed by atoms with Crippen LogP contribution in [0.3, 0.4) is 0 Å². The van der Waals surface area contributed by atoms with Crippen LogP contribution in [0.25, 0.3) is 0 Å². The fourth-order valence-electron chi connectivity index (χ4n) is 2.24. The Labute approximate surface area is 130 Å². The van der Waals surface area contributed by atoms with Gasteiger partial charge in [0.2, 0.25) is 11.8 Å². The van der Waals surface area contributed by atoms with Gasteiger partial charge in [-0.15, -0.1) is 0 Å². The van der Waals surface area contributed by atoms with E-state index in [1.807, 2.05) is 30.3 Å². The van der Waals surface area contributed by atoms with Crippen LogP contribution in [-0.2, 0) is 25.7 Å². The summed E-state index contributed by atoms with van der Waals surface area (Å²) < 4.78 is 10.6. The lowest BCUT2D eigenvalue weighted by molar-refractivity contribution is -0.140. The summed E-state index contributed by atoms with van der Waals surface area (Å²) >= 11 is 0. The number of rotatable bonds is 6. The average molecular weight is 306 g/mol. The standard InChI is InChI=1S/C16H22N2O4/c1-13(16(20)18-7-9-21-10-8-18)17-15(19)12-22-11-14-5-3-2-4-6-14/h2-6,13H,7-12H2,1H3,(H,17,19)/t13-/m0/s1. The topological polar surface area (TPSA) is 67.9 Å². The second-order valence-electron chi connectivity index (χ2n) is 5.21. The van der Waals surface area contributed by atoms with Gasteiger partial charge in [-0.25, -0.2) is 0 Å². The van der Waals surface area contributed by atoms with Crippen LogP contribution in [0.2, 0.25) is 0 Å². The van der Waals surface area contributed by atoms with E-state index in [0.29, 0.717) is 32.9 Å². The highest BCUT2D eigenvalue weighted by Crippen LogP contribution is 2.02. The van der Waals surface area contributed by atoms with Crippen LogP contribution in [0.1, 0.15) is 12.5 Å². The summed E-state index contributed by atoms with van der Waals surface area (Å²) in [6, 6.07) is 9.08. The van der Waals surface area contributed by atoms with Crippen LogP contribution < -0.4 is 5.32 Å². The second kappa shape index (κ2) is 8.51. The van der Waals surface area contributed by atoms with Crippen molar-refractivity contribution in [1.82, 2.24) is 10.2 Å². The zero-order valence-corrected chi connectivity index (χ0v) is 12.8. The van der Waals surface area contributed by atoms with E-state index in [0.717, 1.165) is 5.56 Å². The van der Waals surface area contributed by atoms with Gasteiger partial charge in [-0.3, -0.25) is 9.59 Å². The van der Waals surface area contributed by atoms with Gasteiger partial charge < -0.3 is 19.7 Å². The number of ether oxygens (including phenoxy) is 2. The van der Waals surface area contributed by atoms with Gasteiger partial charge in [-0.05, 0) is 12.5 Å². The zero-order chi connectivity index (χ0) is 15.8. The van der Waals surface area contributed by atoms with Crippen LogP contribution in [0.15, 0.2) is 30.3 Å². The second-order valence-corrected chi connectivity index (χ2v) is 5.21. The van der Waals surface area contributed by atoms with Crippen molar-refractivity contribution in [2.45, 2.75) is 19.6 Å². The predicted molar refractivity (Wildman–Crippen MR) is 81.1 cm³/mol. The lowest BCUT2D eigenvalue weighted by Gasteiger charge is -2.29. The van der Waals surface area contributed by atoms with Gasteiger partial charge in [0.05, 0.1) is 19.8 Å². The van der Waals surface area contributed by atoms with Crippen molar-refractivity contribution in [3.63, 3.8) is 0 Å². The molecular formula is C16H22N2O4. The number of hydrogen-bond acceptors (Lipinski definition) is 4. The molecule has 0 aliphatic carbocycles. The molecule has 1 fully saturated rings. The highest BCUT2D eigenvalue weighted by molar-refractivity contribution is 5.87. The van der Waals surface area contributed by atoms with Crippen LogP contribution in [0.5, 0.6) is 0 Å². The van der Waals surface area contributed by atoms with Gasteiger partial charge in [-0.2, -0.15) is 0 Å². The van der Waals surface area contributed by atoms with E-state index in [9.17, 15) is 9.59 Å². The number of benzene rings is 1. The van der Waals surface area contributed by atoms with Crippen molar-refractivity contribution in [3.05, 3.63) is 35.9 Å². The van der Waals surface area contributed by atoms with E-state index in [2.05, 4.69) is 5.32 Å². The average Bonchev–Trinajstić information content (AvgIpc) is 2.56. The summed E-state index contributed by atoms with van der Waals surface area (Å²) in [7, 11) is 0. The van der Waals surface area contributed by atoms with Crippen LogP contribution in [0, 0.1) is 0 Å². The Morgan fingerprint density at radius 2 is 1.95 bits per heavy atom. The number of morpholine rings is 1. The molecule has 1 saturated heterocycles. The minimum absolute atomic E-state index is 0.0599. The molecule has 6 nitrogen and oxygen atoms in total. The Hall–Kier alpha value is -1.92. The lowest BCUT2D eigenvalue weighted by Crippen LogP contribution is -2.51. The first-order valence-corrected chi connectivity index (χ1v) is 7.44. The van der Waals surface area contributed by atoms with Crippen molar-refractivity contribution < 1.29 is 19.1 Å². The van der Waals surface area contributed by atoms with Gasteiger partial charge in [0, 0.05) is 13.1 Å². The molecule has 2 rings (SSSR count). The van der Waals surface area contributed by atoms with Crippen molar-refractivity contribution in [2.24, 2.45) is 0 Å². The highest BCUT2D eigenvalue weighted by atomic mass is 16.5. The molecule has 1 atom stereocenters. The molecule has 0 bridgehead atoms. The third kappa shape index (κ3) is 5.13. The lowest BCUT2D eigenvalue weighted by atomic mass is 10.2. The monoisotopic (exact) mass is 306 g/mol. The molecule has 1 aromatic carbocycles. The first-order valence-electron chi connectivity index (χ1n) is 7.44. The van der Waals surface area contributed by atoms with Gasteiger partial charge in [0.1, 0.15) is 12.6 Å². The third-order valence-corrected chi connectivity index (χ3v) is 3.42. The van der Waals surface area contributed by atoms with Gasteiger partial charge in [0.25, 0.3) is 0 Å². The number of nitrogens with one attached hydrogen (secondary N) is 1. The normalized spacial score (nSPS) is 16.1. The van der Waals surface area contributed by atoms with Crippen LogP contribution >= 0.6 is 0 Å². The van der Waals surface area contributed by atoms with E-state index in [1.165, 1.54) is 0 Å². The Morgan fingerprint density at radius 3 is 2.64 bits per heavy atom. The molecule has 1 heterocycles. The Morgan fingerprint density at radius 1 is 1.27 bits per heavy atom. The van der Waals surface area contributed by atoms with Crippen molar-refractivity contribution in [1.29, 1.82) is 0 Å². The minimum atomic E-state index is -0.550. The third-order valence-electron chi connectivity index (χ3n) is 3.42. The maximum atomic E-state index is 12.1. The molecule has 6 heteroatoms. The van der Waals surface area contributed by atoms with E-state index in [4.69, 9.17) is 9.47 Å². The molecule has 2 amide bonds. The largest absolute Gasteiger partial charge is 0.378 e. The molecule has 0 unspecified atom stereocenters. The highest BCUT2D eigenvalue weighted by Gasteiger charge is 2.23. The van der Waals surface area contributed by atoms with E-state index >= 15 is 0 Å². The zero-order valence-electron chi connectivity index (χ0n) is 12.8. The van der Waals surface area contributed by atoms with E-state index < -0.39 is 6.04 Å². The number of carbonyl (C=O) groups is 2. The molecule has 0 radical (unpaired) electrons. The summed E-state index contributed by atoms with van der Waals surface area (Å²) in [5.41, 5.74) is 1.01. The summed E-state index contributed by atoms with van der Waals surface area (Å²) in [5.74, 6) is -0.371. The molecule has 1 aliphatic heterocycles. The summed E-state index contributed by atoms with van der Waals surface area (Å²) in [6.45, 7) is 4.24. The molecule has 0 aromatic heterocycles. The van der Waals surface area contributed by atoms with E-state index in [-0.39, 0.29) is 18.4 Å².